The van der Waals surface area contributed by atoms with Gasteiger partial charge < -0.3 is 0 Å². The molecule has 3 atom stereocenters. The van der Waals surface area contributed by atoms with Crippen molar-refractivity contribution in [3.8, 4) is 0 Å². The van der Waals surface area contributed by atoms with Gasteiger partial charge in [-0.15, -0.1) is 0 Å². The minimum absolute atomic E-state index is 0.991. The van der Waals surface area contributed by atoms with Crippen molar-refractivity contribution in [1.29, 1.82) is 0 Å². The van der Waals surface area contributed by atoms with E-state index < -0.39 is 0 Å². The fourth-order valence-electron chi connectivity index (χ4n) is 3.23. The summed E-state index contributed by atoms with van der Waals surface area (Å²) in [6.45, 7) is 0. The summed E-state index contributed by atoms with van der Waals surface area (Å²) < 4.78 is 0. The molecule has 0 spiro atoms. The molecule has 3 rings (SSSR count). The molecule has 0 saturated heterocycles. The minimum atomic E-state index is 0.991. The third kappa shape index (κ3) is 0.816. The van der Waals surface area contributed by atoms with Crippen molar-refractivity contribution in [2.75, 3.05) is 0 Å². The lowest BCUT2D eigenvalue weighted by Gasteiger charge is -2.34. The first-order valence-electron chi connectivity index (χ1n) is 5.12. The van der Waals surface area contributed by atoms with Crippen LogP contribution >= 0.6 is 0 Å². The molecule has 0 aliphatic heterocycles. The van der Waals surface area contributed by atoms with E-state index in [1.165, 1.54) is 19.3 Å². The van der Waals surface area contributed by atoms with Crippen LogP contribution in [0, 0.1) is 23.7 Å². The van der Waals surface area contributed by atoms with Gasteiger partial charge in [-0.1, -0.05) is 31.4 Å². The normalized spacial score (nSPS) is 48.2. The first-order chi connectivity index (χ1) is 5.43. The van der Waals surface area contributed by atoms with Crippen molar-refractivity contribution in [2.45, 2.75) is 32.1 Å². The van der Waals surface area contributed by atoms with E-state index in [4.69, 9.17) is 0 Å². The van der Waals surface area contributed by atoms with E-state index in [-0.39, 0.29) is 0 Å². The van der Waals surface area contributed by atoms with Crippen LogP contribution in [0.5, 0.6) is 0 Å². The van der Waals surface area contributed by atoms with Crippen LogP contribution < -0.4 is 0 Å². The largest absolute Gasteiger partial charge is 0.0851 e. The summed E-state index contributed by atoms with van der Waals surface area (Å²) in [5, 5.41) is 0. The minimum Gasteiger partial charge on any atom is -0.0851 e. The zero-order chi connectivity index (χ0) is 7.26. The Morgan fingerprint density at radius 2 is 1.91 bits per heavy atom. The van der Waals surface area contributed by atoms with Crippen LogP contribution in [-0.2, 0) is 0 Å². The monoisotopic (exact) mass is 148 g/mol. The maximum absolute atomic E-state index is 2.50. The van der Waals surface area contributed by atoms with E-state index in [0.29, 0.717) is 0 Å². The Bertz CT molecular complexity index is 188. The Morgan fingerprint density at radius 3 is 2.36 bits per heavy atom. The molecule has 0 radical (unpaired) electrons. The van der Waals surface area contributed by atoms with Crippen LogP contribution in [-0.4, -0.2) is 0 Å². The number of rotatable bonds is 1. The Morgan fingerprint density at radius 1 is 1.00 bits per heavy atom. The smallest absolute Gasteiger partial charge is 0.0197 e. The van der Waals surface area contributed by atoms with E-state index in [9.17, 15) is 0 Å². The number of allylic oxidation sites excluding steroid dienone is 2. The van der Waals surface area contributed by atoms with E-state index >= 15 is 0 Å². The van der Waals surface area contributed by atoms with Gasteiger partial charge in [-0.3, -0.25) is 0 Å². The quantitative estimate of drug-likeness (QED) is 0.501. The Kier molecular flexibility index (Phi) is 1.21. The van der Waals surface area contributed by atoms with Gasteiger partial charge in [0.05, 0.1) is 0 Å². The van der Waals surface area contributed by atoms with Crippen LogP contribution in [0.2, 0.25) is 0 Å². The summed E-state index contributed by atoms with van der Waals surface area (Å²) in [6, 6.07) is 0. The molecule has 0 aromatic carbocycles. The van der Waals surface area contributed by atoms with Gasteiger partial charge in [-0.25, -0.2) is 0 Å². The van der Waals surface area contributed by atoms with Crippen molar-refractivity contribution < 1.29 is 0 Å². The molecule has 0 aromatic heterocycles. The first kappa shape index (κ1) is 6.28. The standard InChI is InChI=1S/C11H16/c1-2-9(3-1)11-7-8-4-5-10(11)6-8/h4-5,8-11H,1-3,6-7H2. The number of hydrogen-bond donors (Lipinski definition) is 0. The molecule has 60 valence electrons. The van der Waals surface area contributed by atoms with Crippen molar-refractivity contribution in [3.63, 3.8) is 0 Å². The third-order valence-corrected chi connectivity index (χ3v) is 4.09. The van der Waals surface area contributed by atoms with Gasteiger partial charge in [0.15, 0.2) is 0 Å². The highest BCUT2D eigenvalue weighted by molar-refractivity contribution is 5.11. The summed E-state index contributed by atoms with van der Waals surface area (Å²) >= 11 is 0. The highest BCUT2D eigenvalue weighted by Gasteiger charge is 2.41. The average Bonchev–Trinajstić information content (AvgIpc) is 2.42. The van der Waals surface area contributed by atoms with Crippen LogP contribution in [0.15, 0.2) is 12.2 Å². The van der Waals surface area contributed by atoms with Gasteiger partial charge in [0.25, 0.3) is 0 Å². The molecule has 2 bridgehead atoms. The Labute approximate surface area is 68.7 Å². The van der Waals surface area contributed by atoms with E-state index in [1.54, 1.807) is 12.8 Å². The highest BCUT2D eigenvalue weighted by Crippen LogP contribution is 2.51. The Hall–Kier alpha value is -0.260. The molecule has 0 aromatic rings. The molecule has 0 heteroatoms. The average molecular weight is 148 g/mol. The van der Waals surface area contributed by atoms with Crippen molar-refractivity contribution in [2.24, 2.45) is 23.7 Å². The van der Waals surface area contributed by atoms with E-state index in [0.717, 1.165) is 23.7 Å². The second kappa shape index (κ2) is 2.12. The van der Waals surface area contributed by atoms with E-state index in [1.807, 2.05) is 0 Å². The molecule has 0 N–H and O–H groups in total. The summed E-state index contributed by atoms with van der Waals surface area (Å²) in [5.74, 6) is 4.24. The van der Waals surface area contributed by atoms with Crippen molar-refractivity contribution in [3.05, 3.63) is 12.2 Å². The van der Waals surface area contributed by atoms with Crippen LogP contribution in [0.3, 0.4) is 0 Å². The molecule has 0 heterocycles. The molecule has 3 unspecified atom stereocenters. The lowest BCUT2D eigenvalue weighted by molar-refractivity contribution is 0.180. The summed E-state index contributed by atoms with van der Waals surface area (Å²) in [5.41, 5.74) is 0. The number of hydrogen-bond acceptors (Lipinski definition) is 0. The fourth-order valence-corrected chi connectivity index (χ4v) is 3.23. The van der Waals surface area contributed by atoms with Gasteiger partial charge in [0.1, 0.15) is 0 Å². The molecule has 0 nitrogen and oxygen atoms in total. The van der Waals surface area contributed by atoms with Gasteiger partial charge in [-0.05, 0) is 36.5 Å². The summed E-state index contributed by atoms with van der Waals surface area (Å²) in [6.07, 6.45) is 12.6. The molecule has 3 aliphatic carbocycles. The predicted octanol–water partition coefficient (Wildman–Crippen LogP) is 3.00. The molecule has 3 aliphatic rings. The van der Waals surface area contributed by atoms with E-state index in [2.05, 4.69) is 12.2 Å². The highest BCUT2D eigenvalue weighted by atomic mass is 14.5. The maximum Gasteiger partial charge on any atom is -0.0197 e. The fraction of sp³-hybridized carbons (Fsp3) is 0.818. The Balaban J connectivity index is 1.75. The lowest BCUT2D eigenvalue weighted by atomic mass is 9.71. The van der Waals surface area contributed by atoms with Gasteiger partial charge in [0.2, 0.25) is 0 Å². The SMILES string of the molecule is C1=CC2CC1CC2C1CCC1. The predicted molar refractivity (Wildman–Crippen MR) is 46.2 cm³/mol. The zero-order valence-corrected chi connectivity index (χ0v) is 7.00. The van der Waals surface area contributed by atoms with Gasteiger partial charge in [0, 0.05) is 0 Å². The lowest BCUT2D eigenvalue weighted by Crippen LogP contribution is -2.24. The molecule has 0 amide bonds. The summed E-state index contributed by atoms with van der Waals surface area (Å²) in [7, 11) is 0. The second-order valence-corrected chi connectivity index (χ2v) is 4.64. The molecule has 2 fully saturated rings. The molecule has 2 saturated carbocycles. The maximum atomic E-state index is 2.50. The van der Waals surface area contributed by atoms with Crippen LogP contribution in [0.25, 0.3) is 0 Å². The van der Waals surface area contributed by atoms with Crippen LogP contribution in [0.1, 0.15) is 32.1 Å². The molecular weight excluding hydrogens is 132 g/mol. The van der Waals surface area contributed by atoms with Crippen molar-refractivity contribution >= 4 is 0 Å². The topological polar surface area (TPSA) is 0 Å². The summed E-state index contributed by atoms with van der Waals surface area (Å²) in [4.78, 5) is 0. The zero-order valence-electron chi connectivity index (χ0n) is 7.00. The van der Waals surface area contributed by atoms with Gasteiger partial charge in [-0.2, -0.15) is 0 Å². The number of fused-ring (bicyclic) bond motifs is 2. The second-order valence-electron chi connectivity index (χ2n) is 4.64. The molecular formula is C11H16. The third-order valence-electron chi connectivity index (χ3n) is 4.09. The van der Waals surface area contributed by atoms with Crippen LogP contribution in [0.4, 0.5) is 0 Å². The van der Waals surface area contributed by atoms with Gasteiger partial charge >= 0.3 is 0 Å². The first-order valence-corrected chi connectivity index (χ1v) is 5.12. The molecule has 11 heavy (non-hydrogen) atoms. The van der Waals surface area contributed by atoms with Crippen molar-refractivity contribution in [1.82, 2.24) is 0 Å².